The first kappa shape index (κ1) is 55.2. The van der Waals surface area contributed by atoms with Crippen molar-refractivity contribution in [3.63, 3.8) is 0 Å². The Morgan fingerprint density at radius 2 is 1.10 bits per heavy atom. The topological polar surface area (TPSA) is 165 Å². The lowest BCUT2D eigenvalue weighted by molar-refractivity contribution is -0.671. The summed E-state index contributed by atoms with van der Waals surface area (Å²) in [5.74, 6) is -0.171. The number of hydrogen-bond acceptors (Lipinski definition) is 9. The van der Waals surface area contributed by atoms with E-state index in [1.807, 2.05) is 51.5 Å². The Kier molecular flexibility index (Phi) is 19.7. The van der Waals surface area contributed by atoms with E-state index in [4.69, 9.17) is 9.47 Å². The van der Waals surface area contributed by atoms with Crippen LogP contribution in [0, 0.1) is 11.8 Å². The van der Waals surface area contributed by atoms with Gasteiger partial charge in [0.25, 0.3) is 0 Å². The Morgan fingerprint density at radius 3 is 1.60 bits per heavy atom. The van der Waals surface area contributed by atoms with E-state index in [1.54, 1.807) is 13.8 Å². The van der Waals surface area contributed by atoms with Gasteiger partial charge in [0, 0.05) is 59.5 Å². The van der Waals surface area contributed by atoms with Crippen LogP contribution in [0.25, 0.3) is 0 Å². The maximum atomic E-state index is 12.2. The van der Waals surface area contributed by atoms with Crippen molar-refractivity contribution < 1.29 is 58.3 Å². The molecule has 388 valence electrons. The fourth-order valence-corrected chi connectivity index (χ4v) is 11.4. The van der Waals surface area contributed by atoms with E-state index in [-0.39, 0.29) is 67.6 Å². The minimum absolute atomic E-state index is 0.0137. The van der Waals surface area contributed by atoms with Crippen LogP contribution in [0.15, 0.2) is 146 Å². The number of rotatable bonds is 24. The van der Waals surface area contributed by atoms with Crippen molar-refractivity contribution in [2.45, 2.75) is 145 Å². The first-order valence-electron chi connectivity index (χ1n) is 26.1. The van der Waals surface area contributed by atoms with E-state index in [0.717, 1.165) is 29.3 Å². The average Bonchev–Trinajstić information content (AvgIpc) is 3.36. The zero-order valence-electron chi connectivity index (χ0n) is 43.4. The number of aliphatic hydroxyl groups is 5. The lowest BCUT2D eigenvalue weighted by Gasteiger charge is -2.44. The Morgan fingerprint density at radius 1 is 0.589 bits per heavy atom. The smallest absolute Gasteiger partial charge is 0.184 e. The van der Waals surface area contributed by atoms with Crippen LogP contribution in [0.2, 0.25) is 0 Å². The summed E-state index contributed by atoms with van der Waals surface area (Å²) in [6, 6.07) is 29.8. The Balaban J connectivity index is 1.31. The molecule has 0 saturated carbocycles. The largest absolute Gasteiger partial charge is 0.393 e. The monoisotopic (exact) mass is 997 g/mol. The summed E-state index contributed by atoms with van der Waals surface area (Å²) in [5.41, 5.74) is 7.86. The van der Waals surface area contributed by atoms with Crippen LogP contribution in [0.1, 0.15) is 139 Å². The number of nitrogens with zero attached hydrogens (tertiary/aromatic N) is 3. The molecule has 3 aromatic heterocycles. The van der Waals surface area contributed by atoms with Crippen molar-refractivity contribution in [3.8, 4) is 0 Å². The summed E-state index contributed by atoms with van der Waals surface area (Å²) >= 11 is 0. The molecule has 5 aromatic rings. The van der Waals surface area contributed by atoms with E-state index in [1.165, 1.54) is 16.7 Å². The predicted octanol–water partition coefficient (Wildman–Crippen LogP) is 6.96. The molecule has 2 aromatic carbocycles. The summed E-state index contributed by atoms with van der Waals surface area (Å²) in [6.45, 7) is 5.59. The molecule has 1 aliphatic heterocycles. The van der Waals surface area contributed by atoms with Crippen molar-refractivity contribution in [1.82, 2.24) is 0 Å². The zero-order valence-corrected chi connectivity index (χ0v) is 43.4. The second-order valence-corrected chi connectivity index (χ2v) is 21.1. The van der Waals surface area contributed by atoms with Crippen LogP contribution in [0.5, 0.6) is 0 Å². The summed E-state index contributed by atoms with van der Waals surface area (Å²) in [4.78, 5) is 24.3. The van der Waals surface area contributed by atoms with Crippen LogP contribution in [-0.4, -0.2) is 80.8 Å². The fraction of sp³-hybridized carbons (Fsp3) is 0.459. The molecule has 0 spiro atoms. The molecule has 14 unspecified atom stereocenters. The highest BCUT2D eigenvalue weighted by atomic mass is 16.7. The minimum Gasteiger partial charge on any atom is -0.393 e. The van der Waals surface area contributed by atoms with Crippen molar-refractivity contribution in [2.24, 2.45) is 33.0 Å². The lowest BCUT2D eigenvalue weighted by Crippen LogP contribution is -2.38. The summed E-state index contributed by atoms with van der Waals surface area (Å²) in [7, 11) is 6.08. The van der Waals surface area contributed by atoms with Gasteiger partial charge in [-0.3, -0.25) is 9.59 Å². The third-order valence-corrected chi connectivity index (χ3v) is 15.1. The van der Waals surface area contributed by atoms with Crippen molar-refractivity contribution in [2.75, 3.05) is 0 Å². The van der Waals surface area contributed by atoms with Crippen molar-refractivity contribution >= 4 is 12.6 Å². The molecule has 2 aliphatic rings. The van der Waals surface area contributed by atoms with Gasteiger partial charge in [0.1, 0.15) is 33.7 Å². The normalized spacial score (nSPS) is 22.2. The molecule has 12 nitrogen and oxygen atoms in total. The molecule has 1 fully saturated rings. The van der Waals surface area contributed by atoms with Gasteiger partial charge in [0.15, 0.2) is 43.5 Å². The number of aldehydes is 2. The van der Waals surface area contributed by atoms with Gasteiger partial charge >= 0.3 is 0 Å². The summed E-state index contributed by atoms with van der Waals surface area (Å²) in [5, 5.41) is 52.4. The maximum Gasteiger partial charge on any atom is 0.184 e. The second-order valence-electron chi connectivity index (χ2n) is 21.1. The third kappa shape index (κ3) is 15.3. The number of aryl methyl sites for hydroxylation is 3. The molecule has 1 saturated heterocycles. The number of aromatic nitrogens is 3. The van der Waals surface area contributed by atoms with Gasteiger partial charge in [0.05, 0.1) is 42.7 Å². The molecule has 12 heteroatoms. The van der Waals surface area contributed by atoms with E-state index in [9.17, 15) is 35.1 Å². The van der Waals surface area contributed by atoms with Gasteiger partial charge in [-0.05, 0) is 122 Å². The molecule has 73 heavy (non-hydrogen) atoms. The van der Waals surface area contributed by atoms with E-state index < -0.39 is 49.0 Å². The molecule has 0 bridgehead atoms. The van der Waals surface area contributed by atoms with Gasteiger partial charge in [-0.25, -0.2) is 13.7 Å². The van der Waals surface area contributed by atoms with Crippen molar-refractivity contribution in [3.05, 3.63) is 185 Å². The number of aliphatic hydroxyl groups excluding tert-OH is 5. The number of pyridine rings is 3. The van der Waals surface area contributed by atoms with Gasteiger partial charge in [-0.1, -0.05) is 73.7 Å². The number of carbonyl (C=O) groups excluding carboxylic acids is 2. The number of ether oxygens (including phenoxy) is 2. The van der Waals surface area contributed by atoms with Crippen LogP contribution in [0.4, 0.5) is 0 Å². The Labute approximate surface area is 431 Å². The highest BCUT2D eigenvalue weighted by molar-refractivity contribution is 5.77. The van der Waals surface area contributed by atoms with Crippen molar-refractivity contribution in [1.29, 1.82) is 0 Å². The van der Waals surface area contributed by atoms with E-state index >= 15 is 0 Å². The number of hydrogen-bond donors (Lipinski definition) is 5. The summed E-state index contributed by atoms with van der Waals surface area (Å²) < 4.78 is 19.3. The Hall–Kier alpha value is -5.57. The molecular formula is C61H78N3O9+3. The number of allylic oxidation sites excluding steroid dienone is 4. The standard InChI is InChI=1S/C61H78N3O9/c1-40(67)31-52(69)34-54(71)36-56-37-55(35-53(70)32-41(2)68)72-61(73-56)51-17-7-43(8-18-51)33-57(47-21-27-63(5)28-22-47)59(50-23-29-64(6)30-24-50)60(49-15-11-45(39-66)12-16-49)58(48-13-9-44(38-65)10-14-48)42(3)46-19-25-62(4)26-20-46/h7-13,15-30,38-42,48,52-61,67-71H,14,31-37H2,1-6H3/q+3. The number of benzene rings is 2. The molecule has 0 radical (unpaired) electrons. The maximum absolute atomic E-state index is 12.2. The van der Waals surface area contributed by atoms with Crippen LogP contribution < -0.4 is 13.7 Å². The zero-order chi connectivity index (χ0) is 52.2. The molecule has 0 amide bonds. The van der Waals surface area contributed by atoms with Crippen LogP contribution in [-0.2, 0) is 41.8 Å². The van der Waals surface area contributed by atoms with Gasteiger partial charge < -0.3 is 35.0 Å². The fourth-order valence-electron chi connectivity index (χ4n) is 11.4. The molecular weight excluding hydrogens is 919 g/mol. The Bertz CT molecular complexity index is 2560. The quantitative estimate of drug-likeness (QED) is 0.0325. The molecule has 4 heterocycles. The first-order valence-corrected chi connectivity index (χ1v) is 26.1. The van der Waals surface area contributed by atoms with Gasteiger partial charge in [0.2, 0.25) is 0 Å². The predicted molar refractivity (Wildman–Crippen MR) is 278 cm³/mol. The van der Waals surface area contributed by atoms with Gasteiger partial charge in [-0.2, -0.15) is 0 Å². The molecule has 7 rings (SSSR count). The first-order chi connectivity index (χ1) is 35.1. The summed E-state index contributed by atoms with van der Waals surface area (Å²) in [6.07, 6.45) is 17.9. The third-order valence-electron chi connectivity index (χ3n) is 15.1. The highest BCUT2D eigenvalue weighted by Gasteiger charge is 2.44. The number of carbonyl (C=O) groups is 2. The van der Waals surface area contributed by atoms with E-state index in [2.05, 4.69) is 131 Å². The highest BCUT2D eigenvalue weighted by Crippen LogP contribution is 2.55. The average molecular weight is 997 g/mol. The SMILES string of the molecule is CC(O)CC(O)CC(O)CC1CC(CC(O)CC(C)O)OC(c2ccc(CC(c3cc[n+](C)cc3)C(c3cc[n+](C)cc3)C(c3ccc(C=O)cc3)C(C3C=CC(C=O)=CC3)C(C)c3cc[n+](C)cc3)cc2)O1. The minimum atomic E-state index is -0.884. The second kappa shape index (κ2) is 26.1. The molecule has 14 atom stereocenters. The lowest BCUT2D eigenvalue weighted by atomic mass is 9.59. The van der Waals surface area contributed by atoms with E-state index in [0.29, 0.717) is 30.4 Å². The van der Waals surface area contributed by atoms with Crippen LogP contribution in [0.3, 0.4) is 0 Å². The molecule has 5 N–H and O–H groups in total. The van der Waals surface area contributed by atoms with Gasteiger partial charge in [-0.15, -0.1) is 0 Å². The molecule has 1 aliphatic carbocycles. The van der Waals surface area contributed by atoms with Crippen LogP contribution >= 0.6 is 0 Å².